The number of aliphatic hydroxyl groups is 1. The molecular weight excluding hydrogens is 118 g/mol. The maximum atomic E-state index is 10.8. The molecule has 51 valence electrons. The molecule has 0 atom stereocenters. The van der Waals surface area contributed by atoms with Crippen molar-refractivity contribution in [3.8, 4) is 0 Å². The predicted molar refractivity (Wildman–Crippen MR) is 31.8 cm³/mol. The lowest BCUT2D eigenvalue weighted by Gasteiger charge is -2.22. The first kappa shape index (κ1) is 6.55. The molecule has 0 aromatic heterocycles. The van der Waals surface area contributed by atoms with E-state index in [1.807, 2.05) is 0 Å². The van der Waals surface area contributed by atoms with E-state index in [1.165, 1.54) is 4.90 Å². The first-order chi connectivity index (χ1) is 4.34. The normalized spacial score (nSPS) is 20.6. The highest BCUT2D eigenvalue weighted by atomic mass is 16.3. The van der Waals surface area contributed by atoms with Crippen LogP contribution in [-0.4, -0.2) is 22.5 Å². The number of nitrogens with zero attached hydrogens (tertiary/aromatic N) is 1. The summed E-state index contributed by atoms with van der Waals surface area (Å²) in [6.45, 7) is 1.54. The van der Waals surface area contributed by atoms with E-state index in [9.17, 15) is 4.79 Å². The lowest BCUT2D eigenvalue weighted by Crippen LogP contribution is -2.32. The van der Waals surface area contributed by atoms with Crippen molar-refractivity contribution in [2.75, 3.05) is 6.54 Å². The van der Waals surface area contributed by atoms with Crippen LogP contribution in [0.1, 0.15) is 19.3 Å². The second-order valence-electron chi connectivity index (χ2n) is 2.16. The highest BCUT2D eigenvalue weighted by Gasteiger charge is 2.16. The zero-order chi connectivity index (χ0) is 6.69. The summed E-state index contributed by atoms with van der Waals surface area (Å²) in [7, 11) is 0. The number of hydrogen-bond acceptors (Lipinski definition) is 2. The molecule has 1 heterocycles. The van der Waals surface area contributed by atoms with Crippen LogP contribution in [0.5, 0.6) is 0 Å². The Hall–Kier alpha value is -0.570. The fourth-order valence-corrected chi connectivity index (χ4v) is 0.949. The fraction of sp³-hybridized carbons (Fsp3) is 0.667. The number of carbonyl (C=O) groups excluding carboxylic acids is 1. The summed E-state index contributed by atoms with van der Waals surface area (Å²) in [5, 5.41) is 8.44. The average Bonchev–Trinajstić information content (AvgIpc) is 1.89. The second kappa shape index (κ2) is 2.82. The maximum absolute atomic E-state index is 10.8. The minimum Gasteiger partial charge on any atom is -0.369 e. The van der Waals surface area contributed by atoms with Gasteiger partial charge in [0.1, 0.15) is 0 Å². The highest BCUT2D eigenvalue weighted by Crippen LogP contribution is 2.09. The van der Waals surface area contributed by atoms with Gasteiger partial charge in [-0.2, -0.15) is 0 Å². The Kier molecular flexibility index (Phi) is 2.05. The number of rotatable bonds is 1. The number of aliphatic hydroxyl groups excluding tert-OH is 1. The molecule has 0 aliphatic carbocycles. The molecule has 0 bridgehead atoms. The Morgan fingerprint density at radius 2 is 2.33 bits per heavy atom. The van der Waals surface area contributed by atoms with Crippen molar-refractivity contribution in [1.82, 2.24) is 4.90 Å². The molecule has 3 nitrogen and oxygen atoms in total. The quantitative estimate of drug-likeness (QED) is 0.558. The van der Waals surface area contributed by atoms with Gasteiger partial charge in [-0.1, -0.05) is 0 Å². The van der Waals surface area contributed by atoms with E-state index < -0.39 is 0 Å². The monoisotopic (exact) mass is 128 g/mol. The average molecular weight is 128 g/mol. The molecule has 9 heavy (non-hydrogen) atoms. The fourth-order valence-electron chi connectivity index (χ4n) is 0.949. The van der Waals surface area contributed by atoms with Gasteiger partial charge in [0, 0.05) is 13.0 Å². The molecule has 1 aliphatic heterocycles. The van der Waals surface area contributed by atoms with Crippen LogP contribution in [0.2, 0.25) is 0 Å². The zero-order valence-electron chi connectivity index (χ0n) is 5.21. The standard InChI is InChI=1S/C6H10NO2/c8-5-7-4-2-1-3-6(7)9/h5,8H,1-4H2. The van der Waals surface area contributed by atoms with Gasteiger partial charge in [-0.15, -0.1) is 0 Å². The topological polar surface area (TPSA) is 40.5 Å². The Morgan fingerprint density at radius 1 is 1.56 bits per heavy atom. The van der Waals surface area contributed by atoms with Crippen molar-refractivity contribution in [3.05, 3.63) is 6.73 Å². The van der Waals surface area contributed by atoms with Crippen LogP contribution in [-0.2, 0) is 4.79 Å². The smallest absolute Gasteiger partial charge is 0.224 e. The number of piperidine rings is 1. The summed E-state index contributed by atoms with van der Waals surface area (Å²) >= 11 is 0. The summed E-state index contributed by atoms with van der Waals surface area (Å²) < 4.78 is 0. The molecule has 1 rings (SSSR count). The van der Waals surface area contributed by atoms with Gasteiger partial charge in [-0.3, -0.25) is 4.79 Å². The molecule has 0 unspecified atom stereocenters. The Labute approximate surface area is 54.3 Å². The first-order valence-electron chi connectivity index (χ1n) is 3.11. The van der Waals surface area contributed by atoms with E-state index in [-0.39, 0.29) is 5.91 Å². The number of likely N-dealkylation sites (tertiary alicyclic amines) is 1. The molecule has 3 heteroatoms. The van der Waals surface area contributed by atoms with Gasteiger partial charge >= 0.3 is 0 Å². The van der Waals surface area contributed by atoms with Crippen LogP contribution < -0.4 is 0 Å². The van der Waals surface area contributed by atoms with E-state index in [1.54, 1.807) is 0 Å². The summed E-state index contributed by atoms with van der Waals surface area (Å²) in [5.74, 6) is 0.0313. The van der Waals surface area contributed by atoms with Crippen LogP contribution in [0.3, 0.4) is 0 Å². The minimum atomic E-state index is 0.0313. The third kappa shape index (κ3) is 1.42. The first-order valence-corrected chi connectivity index (χ1v) is 3.11. The van der Waals surface area contributed by atoms with Crippen LogP contribution in [0, 0.1) is 6.73 Å². The molecule has 1 fully saturated rings. The van der Waals surface area contributed by atoms with Crippen LogP contribution in [0.15, 0.2) is 0 Å². The third-order valence-electron chi connectivity index (χ3n) is 1.50. The Balaban J connectivity index is 2.39. The minimum absolute atomic E-state index is 0.0313. The summed E-state index contributed by atoms with van der Waals surface area (Å²) in [4.78, 5) is 12.1. The van der Waals surface area contributed by atoms with Gasteiger partial charge < -0.3 is 10.0 Å². The molecule has 0 spiro atoms. The van der Waals surface area contributed by atoms with Crippen LogP contribution >= 0.6 is 0 Å². The van der Waals surface area contributed by atoms with E-state index in [4.69, 9.17) is 5.11 Å². The molecule has 0 aromatic rings. The zero-order valence-corrected chi connectivity index (χ0v) is 5.21. The third-order valence-corrected chi connectivity index (χ3v) is 1.50. The number of amides is 1. The molecule has 1 amide bonds. The molecule has 1 radical (unpaired) electrons. The molecule has 1 saturated heterocycles. The van der Waals surface area contributed by atoms with Crippen molar-refractivity contribution >= 4 is 5.91 Å². The van der Waals surface area contributed by atoms with E-state index in [0.29, 0.717) is 13.0 Å². The van der Waals surface area contributed by atoms with Gasteiger partial charge in [0.15, 0.2) is 6.73 Å². The Bertz CT molecular complexity index is 114. The summed E-state index contributed by atoms with van der Waals surface area (Å²) in [6, 6.07) is 0. The number of carbonyl (C=O) groups is 1. The summed E-state index contributed by atoms with van der Waals surface area (Å²) in [6.07, 6.45) is 2.54. The van der Waals surface area contributed by atoms with Crippen LogP contribution in [0.25, 0.3) is 0 Å². The van der Waals surface area contributed by atoms with E-state index >= 15 is 0 Å². The molecule has 1 N–H and O–H groups in total. The lowest BCUT2D eigenvalue weighted by atomic mass is 10.1. The molecule has 0 aromatic carbocycles. The molecule has 0 saturated carbocycles. The molecule has 1 aliphatic rings. The van der Waals surface area contributed by atoms with Gasteiger partial charge in [0.05, 0.1) is 0 Å². The van der Waals surface area contributed by atoms with E-state index in [0.717, 1.165) is 19.6 Å². The highest BCUT2D eigenvalue weighted by molar-refractivity contribution is 5.77. The predicted octanol–water partition coefficient (Wildman–Crippen LogP) is 0.491. The molecular formula is C6H10NO2. The van der Waals surface area contributed by atoms with Gasteiger partial charge in [0.2, 0.25) is 5.91 Å². The van der Waals surface area contributed by atoms with Crippen LogP contribution in [0.4, 0.5) is 0 Å². The van der Waals surface area contributed by atoms with Crippen molar-refractivity contribution in [1.29, 1.82) is 0 Å². The Morgan fingerprint density at radius 3 is 2.78 bits per heavy atom. The van der Waals surface area contributed by atoms with Gasteiger partial charge in [0.25, 0.3) is 0 Å². The van der Waals surface area contributed by atoms with Gasteiger partial charge in [-0.25, -0.2) is 0 Å². The van der Waals surface area contributed by atoms with E-state index in [2.05, 4.69) is 0 Å². The SMILES string of the molecule is O=C1CCCCN1[CH]O. The van der Waals surface area contributed by atoms with Crippen molar-refractivity contribution < 1.29 is 9.90 Å². The summed E-state index contributed by atoms with van der Waals surface area (Å²) in [5.41, 5.74) is 0. The number of hydrogen-bond donors (Lipinski definition) is 1. The van der Waals surface area contributed by atoms with Gasteiger partial charge in [-0.05, 0) is 12.8 Å². The largest absolute Gasteiger partial charge is 0.369 e. The van der Waals surface area contributed by atoms with Crippen molar-refractivity contribution in [2.45, 2.75) is 19.3 Å². The van der Waals surface area contributed by atoms with Crippen molar-refractivity contribution in [2.24, 2.45) is 0 Å². The van der Waals surface area contributed by atoms with Crippen molar-refractivity contribution in [3.63, 3.8) is 0 Å². The lowest BCUT2D eigenvalue weighted by molar-refractivity contribution is -0.133. The maximum Gasteiger partial charge on any atom is 0.224 e. The second-order valence-corrected chi connectivity index (χ2v) is 2.16.